The van der Waals surface area contributed by atoms with Gasteiger partial charge in [-0.25, -0.2) is 8.42 Å². The molecule has 0 aliphatic rings. The van der Waals surface area contributed by atoms with Crippen molar-refractivity contribution >= 4 is 27.3 Å². The van der Waals surface area contributed by atoms with Crippen molar-refractivity contribution in [3.05, 3.63) is 17.0 Å². The first-order valence-corrected chi connectivity index (χ1v) is 7.86. The summed E-state index contributed by atoms with van der Waals surface area (Å²) in [5.41, 5.74) is 0. The number of carbonyl (C=O) groups is 1. The molecule has 1 heterocycles. The predicted molar refractivity (Wildman–Crippen MR) is 70.2 cm³/mol. The van der Waals surface area contributed by atoms with Crippen LogP contribution in [0, 0.1) is 17.2 Å². The van der Waals surface area contributed by atoms with Crippen LogP contribution >= 0.6 is 11.3 Å². The number of rotatable bonds is 6. The van der Waals surface area contributed by atoms with E-state index in [-0.39, 0.29) is 15.0 Å². The third-order valence-corrected chi connectivity index (χ3v) is 5.64. The molecule has 2 atom stereocenters. The Hall–Kier alpha value is -1.43. The van der Waals surface area contributed by atoms with E-state index in [2.05, 4.69) is 4.72 Å². The van der Waals surface area contributed by atoms with Crippen LogP contribution in [0.4, 0.5) is 0 Å². The molecule has 0 bridgehead atoms. The van der Waals surface area contributed by atoms with E-state index in [4.69, 9.17) is 10.4 Å². The first-order chi connectivity index (χ1) is 8.81. The van der Waals surface area contributed by atoms with Gasteiger partial charge in [-0.2, -0.15) is 9.98 Å². The summed E-state index contributed by atoms with van der Waals surface area (Å²) in [6, 6.07) is 3.34. The molecule has 104 valence electrons. The van der Waals surface area contributed by atoms with Gasteiger partial charge in [-0.1, -0.05) is 20.3 Å². The van der Waals surface area contributed by atoms with Crippen LogP contribution in [0.15, 0.2) is 16.3 Å². The van der Waals surface area contributed by atoms with Crippen LogP contribution < -0.4 is 4.72 Å². The van der Waals surface area contributed by atoms with Crippen molar-refractivity contribution in [2.75, 3.05) is 0 Å². The number of carboxylic acids is 1. The third kappa shape index (κ3) is 3.76. The SMILES string of the molecule is CC[C@H](C)[C@H](NS(=O)(=O)c1ccc(C#N)s1)C(=O)O. The summed E-state index contributed by atoms with van der Waals surface area (Å²) < 4.78 is 26.2. The zero-order valence-electron chi connectivity index (χ0n) is 10.5. The van der Waals surface area contributed by atoms with Gasteiger partial charge in [-0.05, 0) is 18.1 Å². The Labute approximate surface area is 115 Å². The van der Waals surface area contributed by atoms with E-state index in [9.17, 15) is 13.2 Å². The number of nitriles is 1. The maximum atomic E-state index is 12.0. The highest BCUT2D eigenvalue weighted by molar-refractivity contribution is 7.91. The molecule has 0 aliphatic heterocycles. The predicted octanol–water partition coefficient (Wildman–Crippen LogP) is 1.40. The molecule has 0 saturated heterocycles. The van der Waals surface area contributed by atoms with Crippen LogP contribution in [0.1, 0.15) is 25.1 Å². The molecule has 6 nitrogen and oxygen atoms in total. The summed E-state index contributed by atoms with van der Waals surface area (Å²) in [6.45, 7) is 3.45. The van der Waals surface area contributed by atoms with Gasteiger partial charge in [-0.3, -0.25) is 4.79 Å². The first kappa shape index (κ1) is 15.6. The Bertz CT molecular complexity index is 600. The van der Waals surface area contributed by atoms with Crippen LogP contribution in [0.25, 0.3) is 0 Å². The smallest absolute Gasteiger partial charge is 0.322 e. The highest BCUT2D eigenvalue weighted by Crippen LogP contribution is 2.22. The number of nitrogens with one attached hydrogen (secondary N) is 1. The molecule has 1 rings (SSSR count). The fourth-order valence-corrected chi connectivity index (χ4v) is 3.81. The lowest BCUT2D eigenvalue weighted by Gasteiger charge is -2.19. The van der Waals surface area contributed by atoms with Crippen LogP contribution in [0.5, 0.6) is 0 Å². The number of aliphatic carboxylic acids is 1. The van der Waals surface area contributed by atoms with Gasteiger partial charge in [0.15, 0.2) is 0 Å². The summed E-state index contributed by atoms with van der Waals surface area (Å²) in [7, 11) is -3.91. The molecule has 0 saturated carbocycles. The van der Waals surface area contributed by atoms with E-state index in [1.54, 1.807) is 13.8 Å². The topological polar surface area (TPSA) is 107 Å². The van der Waals surface area contributed by atoms with Crippen molar-refractivity contribution in [1.82, 2.24) is 4.72 Å². The molecule has 1 aromatic rings. The molecule has 0 unspecified atom stereocenters. The normalized spacial score (nSPS) is 14.6. The van der Waals surface area contributed by atoms with Gasteiger partial charge in [-0.15, -0.1) is 11.3 Å². The largest absolute Gasteiger partial charge is 0.480 e. The maximum Gasteiger partial charge on any atom is 0.322 e. The minimum atomic E-state index is -3.91. The van der Waals surface area contributed by atoms with Crippen LogP contribution in [0.3, 0.4) is 0 Å². The standard InChI is InChI=1S/C11H14N2O4S2/c1-3-7(2)10(11(14)15)13-19(16,17)9-5-4-8(6-12)18-9/h4-5,7,10,13H,3H2,1-2H3,(H,14,15)/t7-,10-/m0/s1. The first-order valence-electron chi connectivity index (χ1n) is 5.57. The minimum Gasteiger partial charge on any atom is -0.480 e. The molecular formula is C11H14N2O4S2. The lowest BCUT2D eigenvalue weighted by atomic mass is 10.0. The van der Waals surface area contributed by atoms with Gasteiger partial charge in [0, 0.05) is 0 Å². The fourth-order valence-electron chi connectivity index (χ4n) is 1.40. The van der Waals surface area contributed by atoms with Crippen molar-refractivity contribution in [3.63, 3.8) is 0 Å². The van der Waals surface area contributed by atoms with E-state index < -0.39 is 22.0 Å². The Balaban J connectivity index is 3.01. The number of hydrogen-bond acceptors (Lipinski definition) is 5. The van der Waals surface area contributed by atoms with Crippen LogP contribution in [-0.2, 0) is 14.8 Å². The van der Waals surface area contributed by atoms with Crippen LogP contribution in [0.2, 0.25) is 0 Å². The quantitative estimate of drug-likeness (QED) is 0.826. The van der Waals surface area contributed by atoms with Crippen molar-refractivity contribution in [3.8, 4) is 6.07 Å². The molecule has 8 heteroatoms. The third-order valence-electron chi connectivity index (χ3n) is 2.72. The summed E-state index contributed by atoms with van der Waals surface area (Å²) >= 11 is 0.808. The van der Waals surface area contributed by atoms with E-state index in [1.165, 1.54) is 12.1 Å². The Kier molecular flexibility index (Phi) is 5.05. The molecule has 0 aliphatic carbocycles. The van der Waals surface area contributed by atoms with Gasteiger partial charge in [0.2, 0.25) is 0 Å². The molecular weight excluding hydrogens is 288 g/mol. The number of hydrogen-bond donors (Lipinski definition) is 2. The highest BCUT2D eigenvalue weighted by Gasteiger charge is 2.30. The van der Waals surface area contributed by atoms with Gasteiger partial charge >= 0.3 is 5.97 Å². The molecule has 0 spiro atoms. The van der Waals surface area contributed by atoms with E-state index in [0.29, 0.717) is 6.42 Å². The lowest BCUT2D eigenvalue weighted by Crippen LogP contribution is -2.44. The number of thiophene rings is 1. The molecule has 2 N–H and O–H groups in total. The van der Waals surface area contributed by atoms with Gasteiger partial charge in [0.05, 0.1) is 0 Å². The van der Waals surface area contributed by atoms with Gasteiger partial charge < -0.3 is 5.11 Å². The monoisotopic (exact) mass is 302 g/mol. The number of sulfonamides is 1. The van der Waals surface area contributed by atoms with Gasteiger partial charge in [0.25, 0.3) is 10.0 Å². The average molecular weight is 302 g/mol. The zero-order valence-corrected chi connectivity index (χ0v) is 12.1. The van der Waals surface area contributed by atoms with E-state index >= 15 is 0 Å². The minimum absolute atomic E-state index is 0.0568. The Morgan fingerprint density at radius 2 is 2.21 bits per heavy atom. The number of carboxylic acid groups (broad SMARTS) is 1. The molecule has 0 amide bonds. The molecule has 0 fully saturated rings. The fraction of sp³-hybridized carbons (Fsp3) is 0.455. The van der Waals surface area contributed by atoms with E-state index in [1.807, 2.05) is 6.07 Å². The second kappa shape index (κ2) is 6.14. The summed E-state index contributed by atoms with van der Waals surface area (Å²) in [5, 5.41) is 17.7. The second-order valence-corrected chi connectivity index (χ2v) is 7.08. The van der Waals surface area contributed by atoms with E-state index in [0.717, 1.165) is 11.3 Å². The molecule has 1 aromatic heterocycles. The van der Waals surface area contributed by atoms with Crippen molar-refractivity contribution < 1.29 is 18.3 Å². The van der Waals surface area contributed by atoms with Crippen molar-refractivity contribution in [2.24, 2.45) is 5.92 Å². The molecule has 0 radical (unpaired) electrons. The molecule has 0 aromatic carbocycles. The summed E-state index contributed by atoms with van der Waals surface area (Å²) in [5.74, 6) is -1.54. The maximum absolute atomic E-state index is 12.0. The van der Waals surface area contributed by atoms with Crippen molar-refractivity contribution in [1.29, 1.82) is 5.26 Å². The summed E-state index contributed by atoms with van der Waals surface area (Å²) in [6.07, 6.45) is 0.535. The van der Waals surface area contributed by atoms with Crippen molar-refractivity contribution in [2.45, 2.75) is 30.5 Å². The van der Waals surface area contributed by atoms with Gasteiger partial charge in [0.1, 0.15) is 21.2 Å². The summed E-state index contributed by atoms with van der Waals surface area (Å²) in [4.78, 5) is 11.4. The highest BCUT2D eigenvalue weighted by atomic mass is 32.2. The Morgan fingerprint density at radius 1 is 1.58 bits per heavy atom. The average Bonchev–Trinajstić information content (AvgIpc) is 2.84. The molecule has 19 heavy (non-hydrogen) atoms. The number of nitrogens with zero attached hydrogens (tertiary/aromatic N) is 1. The Morgan fingerprint density at radius 3 is 2.63 bits per heavy atom. The second-order valence-electron chi connectivity index (χ2n) is 4.05. The lowest BCUT2D eigenvalue weighted by molar-refractivity contribution is -0.140. The van der Waals surface area contributed by atoms with Crippen LogP contribution in [-0.4, -0.2) is 25.5 Å². The zero-order chi connectivity index (χ0) is 14.6.